The van der Waals surface area contributed by atoms with E-state index in [1.807, 2.05) is 31.2 Å². The molecular formula is C15H12Cl2N2O. The van der Waals surface area contributed by atoms with E-state index in [4.69, 9.17) is 27.6 Å². The molecule has 1 unspecified atom stereocenters. The fourth-order valence-corrected chi connectivity index (χ4v) is 2.72. The van der Waals surface area contributed by atoms with Gasteiger partial charge in [0.2, 0.25) is 0 Å². The molecule has 3 rings (SSSR count). The molecule has 1 N–H and O–H groups in total. The number of benzene rings is 1. The van der Waals surface area contributed by atoms with Crippen molar-refractivity contribution in [1.29, 1.82) is 0 Å². The van der Waals surface area contributed by atoms with Gasteiger partial charge in [-0.15, -0.1) is 0 Å². The third kappa shape index (κ3) is 2.47. The highest BCUT2D eigenvalue weighted by Crippen LogP contribution is 2.30. The van der Waals surface area contributed by atoms with E-state index in [9.17, 15) is 0 Å². The molecule has 1 aromatic carbocycles. The fourth-order valence-electron chi connectivity index (χ4n) is 2.15. The lowest BCUT2D eigenvalue weighted by molar-refractivity contribution is 0.615. The molecular weight excluding hydrogens is 295 g/mol. The highest BCUT2D eigenvalue weighted by atomic mass is 35.5. The van der Waals surface area contributed by atoms with Gasteiger partial charge >= 0.3 is 0 Å². The smallest absolute Gasteiger partial charge is 0.139 e. The van der Waals surface area contributed by atoms with Gasteiger partial charge in [0.15, 0.2) is 0 Å². The molecule has 0 bridgehead atoms. The van der Waals surface area contributed by atoms with Gasteiger partial charge in [-0.1, -0.05) is 29.3 Å². The Morgan fingerprint density at radius 1 is 1.20 bits per heavy atom. The minimum atomic E-state index is 0.00719. The first-order chi connectivity index (χ1) is 9.65. The zero-order valence-corrected chi connectivity index (χ0v) is 12.2. The summed E-state index contributed by atoms with van der Waals surface area (Å²) in [6.45, 7) is 2.02. The number of nitrogens with zero attached hydrogens (tertiary/aromatic N) is 1. The Bertz CT molecular complexity index is 754. The summed E-state index contributed by atoms with van der Waals surface area (Å²) in [4.78, 5) is 4.35. The van der Waals surface area contributed by atoms with Gasteiger partial charge in [-0.2, -0.15) is 0 Å². The average molecular weight is 307 g/mol. The Balaban J connectivity index is 1.92. The van der Waals surface area contributed by atoms with Crippen LogP contribution in [0.3, 0.4) is 0 Å². The van der Waals surface area contributed by atoms with Gasteiger partial charge in [-0.05, 0) is 36.8 Å². The van der Waals surface area contributed by atoms with Crippen LogP contribution in [0, 0.1) is 0 Å². The van der Waals surface area contributed by atoms with Crippen molar-refractivity contribution in [2.24, 2.45) is 0 Å². The van der Waals surface area contributed by atoms with Crippen molar-refractivity contribution in [3.05, 3.63) is 58.4 Å². The number of hydrogen-bond acceptors (Lipinski definition) is 3. The molecule has 1 atom stereocenters. The Morgan fingerprint density at radius 2 is 2.05 bits per heavy atom. The molecule has 3 nitrogen and oxygen atoms in total. The summed E-state index contributed by atoms with van der Waals surface area (Å²) in [7, 11) is 0. The summed E-state index contributed by atoms with van der Waals surface area (Å²) in [5, 5.41) is 5.56. The summed E-state index contributed by atoms with van der Waals surface area (Å²) in [5.41, 5.74) is 1.77. The zero-order chi connectivity index (χ0) is 14.1. The number of anilines is 1. The molecule has 0 aliphatic heterocycles. The summed E-state index contributed by atoms with van der Waals surface area (Å²) < 4.78 is 5.36. The molecule has 0 amide bonds. The van der Waals surface area contributed by atoms with Crippen molar-refractivity contribution in [2.75, 3.05) is 5.32 Å². The van der Waals surface area contributed by atoms with Gasteiger partial charge in [-0.25, -0.2) is 4.98 Å². The van der Waals surface area contributed by atoms with E-state index in [1.54, 1.807) is 18.5 Å². The molecule has 3 aromatic rings. The van der Waals surface area contributed by atoms with Crippen molar-refractivity contribution in [3.8, 4) is 0 Å². The second kappa shape index (κ2) is 5.35. The largest absolute Gasteiger partial charge is 0.464 e. The third-order valence-electron chi connectivity index (χ3n) is 3.16. The number of aromatic nitrogens is 1. The van der Waals surface area contributed by atoms with Crippen LogP contribution < -0.4 is 5.32 Å². The van der Waals surface area contributed by atoms with Crippen molar-refractivity contribution >= 4 is 40.0 Å². The lowest BCUT2D eigenvalue weighted by Gasteiger charge is -2.16. The van der Waals surface area contributed by atoms with E-state index in [2.05, 4.69) is 10.3 Å². The van der Waals surface area contributed by atoms with E-state index < -0.39 is 0 Å². The Kier molecular flexibility index (Phi) is 3.55. The zero-order valence-electron chi connectivity index (χ0n) is 10.7. The molecule has 2 aromatic heterocycles. The predicted molar refractivity (Wildman–Crippen MR) is 82.5 cm³/mol. The molecule has 0 radical (unpaired) electrons. The first-order valence-corrected chi connectivity index (χ1v) is 6.94. The highest BCUT2D eigenvalue weighted by Gasteiger charge is 2.12. The van der Waals surface area contributed by atoms with E-state index >= 15 is 0 Å². The molecule has 0 aliphatic rings. The summed E-state index contributed by atoms with van der Waals surface area (Å²) in [6.07, 6.45) is 3.36. The molecule has 2 heterocycles. The van der Waals surface area contributed by atoms with Crippen LogP contribution in [-0.4, -0.2) is 4.98 Å². The summed E-state index contributed by atoms with van der Waals surface area (Å²) in [5.74, 6) is 0.773. The van der Waals surface area contributed by atoms with Crippen LogP contribution in [0.4, 0.5) is 5.82 Å². The van der Waals surface area contributed by atoms with Crippen molar-refractivity contribution in [3.63, 3.8) is 0 Å². The van der Waals surface area contributed by atoms with E-state index in [-0.39, 0.29) is 6.04 Å². The van der Waals surface area contributed by atoms with Gasteiger partial charge in [0.05, 0.1) is 17.7 Å². The van der Waals surface area contributed by atoms with Gasteiger partial charge in [-0.3, -0.25) is 0 Å². The molecule has 0 aliphatic carbocycles. The summed E-state index contributed by atoms with van der Waals surface area (Å²) in [6, 6.07) is 9.21. The molecule has 0 spiro atoms. The van der Waals surface area contributed by atoms with E-state index in [0.29, 0.717) is 10.0 Å². The molecule has 0 fully saturated rings. The normalized spacial score (nSPS) is 12.6. The Labute approximate surface area is 126 Å². The number of hydrogen-bond donors (Lipinski definition) is 1. The van der Waals surface area contributed by atoms with Crippen molar-refractivity contribution in [1.82, 2.24) is 4.98 Å². The number of fused-ring (bicyclic) bond motifs is 1. The number of pyridine rings is 1. The number of nitrogens with one attached hydrogen (secondary N) is 1. The fraction of sp³-hybridized carbons (Fsp3) is 0.133. The van der Waals surface area contributed by atoms with Crippen LogP contribution >= 0.6 is 23.2 Å². The SMILES string of the molecule is CC(Nc1nccc2occc12)c1ccc(Cl)cc1Cl. The molecule has 5 heteroatoms. The highest BCUT2D eigenvalue weighted by molar-refractivity contribution is 6.35. The van der Waals surface area contributed by atoms with Crippen LogP contribution in [0.1, 0.15) is 18.5 Å². The predicted octanol–water partition coefficient (Wildman–Crippen LogP) is 5.31. The van der Waals surface area contributed by atoms with Gasteiger partial charge < -0.3 is 9.73 Å². The minimum Gasteiger partial charge on any atom is -0.464 e. The lowest BCUT2D eigenvalue weighted by Crippen LogP contribution is -2.08. The van der Waals surface area contributed by atoms with Crippen LogP contribution in [0.2, 0.25) is 10.0 Å². The molecule has 102 valence electrons. The lowest BCUT2D eigenvalue weighted by atomic mass is 10.1. The van der Waals surface area contributed by atoms with Crippen LogP contribution in [0.5, 0.6) is 0 Å². The quantitative estimate of drug-likeness (QED) is 0.712. The first kappa shape index (κ1) is 13.3. The Morgan fingerprint density at radius 3 is 2.85 bits per heavy atom. The molecule has 0 saturated carbocycles. The van der Waals surface area contributed by atoms with Crippen molar-refractivity contribution in [2.45, 2.75) is 13.0 Å². The monoisotopic (exact) mass is 306 g/mol. The summed E-state index contributed by atoms with van der Waals surface area (Å²) >= 11 is 12.1. The van der Waals surface area contributed by atoms with Crippen LogP contribution in [0.15, 0.2) is 47.2 Å². The maximum Gasteiger partial charge on any atom is 0.139 e. The van der Waals surface area contributed by atoms with Gasteiger partial charge in [0.25, 0.3) is 0 Å². The van der Waals surface area contributed by atoms with E-state index in [0.717, 1.165) is 22.4 Å². The topological polar surface area (TPSA) is 38.1 Å². The van der Waals surface area contributed by atoms with Crippen molar-refractivity contribution < 1.29 is 4.42 Å². The van der Waals surface area contributed by atoms with E-state index in [1.165, 1.54) is 0 Å². The number of rotatable bonds is 3. The maximum atomic E-state index is 6.22. The van der Waals surface area contributed by atoms with Gasteiger partial charge in [0, 0.05) is 16.2 Å². The minimum absolute atomic E-state index is 0.00719. The second-order valence-corrected chi connectivity index (χ2v) is 5.37. The maximum absolute atomic E-state index is 6.22. The Hall–Kier alpha value is -1.71. The van der Waals surface area contributed by atoms with Gasteiger partial charge in [0.1, 0.15) is 11.4 Å². The first-order valence-electron chi connectivity index (χ1n) is 6.19. The van der Waals surface area contributed by atoms with Crippen LogP contribution in [0.25, 0.3) is 11.0 Å². The third-order valence-corrected chi connectivity index (χ3v) is 3.72. The average Bonchev–Trinajstić information content (AvgIpc) is 2.87. The molecule has 20 heavy (non-hydrogen) atoms. The second-order valence-electron chi connectivity index (χ2n) is 4.52. The number of furan rings is 1. The number of halogens is 2. The van der Waals surface area contributed by atoms with Crippen LogP contribution in [-0.2, 0) is 0 Å². The molecule has 0 saturated heterocycles. The standard InChI is InChI=1S/C15H12Cl2N2O/c1-9(11-3-2-10(16)8-13(11)17)19-15-12-5-7-20-14(12)4-6-18-15/h2-9H,1H3,(H,18,19).